The highest BCUT2D eigenvalue weighted by atomic mass is 16.2. The predicted octanol–water partition coefficient (Wildman–Crippen LogP) is 2.31. The molecule has 2 aromatic heterocycles. The Morgan fingerprint density at radius 2 is 2.00 bits per heavy atom. The molecule has 0 unspecified atom stereocenters. The van der Waals surface area contributed by atoms with Gasteiger partial charge in [-0.05, 0) is 55.0 Å². The molecule has 0 atom stereocenters. The van der Waals surface area contributed by atoms with Crippen molar-refractivity contribution in [3.8, 4) is 0 Å². The number of rotatable bonds is 3. The van der Waals surface area contributed by atoms with E-state index in [1.807, 2.05) is 12.1 Å². The van der Waals surface area contributed by atoms with Crippen LogP contribution in [0.15, 0.2) is 47.7 Å². The largest absolute Gasteiger partial charge is 0.324 e. The number of fused-ring (bicyclic) bond motifs is 2. The summed E-state index contributed by atoms with van der Waals surface area (Å²) in [7, 11) is 0. The average molecular weight is 334 g/mol. The maximum Gasteiger partial charge on any atom is 0.280 e. The number of hydrogen-bond acceptors (Lipinski definition) is 4. The highest BCUT2D eigenvalue weighted by molar-refractivity contribution is 5.91. The number of pyridine rings is 1. The zero-order valence-corrected chi connectivity index (χ0v) is 13.7. The summed E-state index contributed by atoms with van der Waals surface area (Å²) < 4.78 is 1.29. The lowest BCUT2D eigenvalue weighted by molar-refractivity contribution is -0.116. The summed E-state index contributed by atoms with van der Waals surface area (Å²) in [4.78, 5) is 33.1. The molecule has 25 heavy (non-hydrogen) atoms. The Labute approximate surface area is 144 Å². The summed E-state index contributed by atoms with van der Waals surface area (Å²) in [5.41, 5.74) is 3.86. The van der Waals surface area contributed by atoms with Gasteiger partial charge in [-0.3, -0.25) is 14.2 Å². The fourth-order valence-electron chi connectivity index (χ4n) is 3.34. The first-order chi connectivity index (χ1) is 12.2. The van der Waals surface area contributed by atoms with E-state index in [4.69, 9.17) is 0 Å². The summed E-state index contributed by atoms with van der Waals surface area (Å²) in [5.74, 6) is -0.238. The fraction of sp³-hybridized carbons (Fsp3) is 0.263. The highest BCUT2D eigenvalue weighted by Crippen LogP contribution is 2.27. The fourth-order valence-corrected chi connectivity index (χ4v) is 3.34. The molecule has 1 N–H and O–H groups in total. The van der Waals surface area contributed by atoms with Gasteiger partial charge < -0.3 is 5.32 Å². The topological polar surface area (TPSA) is 76.9 Å². The molecule has 3 aromatic rings. The van der Waals surface area contributed by atoms with Crippen molar-refractivity contribution in [1.82, 2.24) is 14.5 Å². The molecule has 6 nitrogen and oxygen atoms in total. The number of nitrogens with zero attached hydrogens (tertiary/aromatic N) is 3. The van der Waals surface area contributed by atoms with Crippen molar-refractivity contribution in [3.05, 3.63) is 64.3 Å². The smallest absolute Gasteiger partial charge is 0.280 e. The molecule has 4 rings (SSSR count). The van der Waals surface area contributed by atoms with Crippen molar-refractivity contribution in [2.24, 2.45) is 0 Å². The van der Waals surface area contributed by atoms with Gasteiger partial charge in [0.2, 0.25) is 5.91 Å². The van der Waals surface area contributed by atoms with Gasteiger partial charge in [-0.2, -0.15) is 0 Å². The Hall–Kier alpha value is -3.02. The van der Waals surface area contributed by atoms with Crippen LogP contribution in [0, 0.1) is 0 Å². The minimum Gasteiger partial charge on any atom is -0.324 e. The van der Waals surface area contributed by atoms with Crippen molar-refractivity contribution in [2.75, 3.05) is 5.32 Å². The van der Waals surface area contributed by atoms with E-state index in [9.17, 15) is 9.59 Å². The molecule has 2 heterocycles. The van der Waals surface area contributed by atoms with E-state index in [-0.39, 0.29) is 23.5 Å². The second kappa shape index (κ2) is 6.47. The molecule has 0 bridgehead atoms. The van der Waals surface area contributed by atoms with Gasteiger partial charge in [0.05, 0.1) is 11.8 Å². The lowest BCUT2D eigenvalue weighted by Crippen LogP contribution is -2.28. The number of aryl methyl sites for hydroxylation is 1. The Kier molecular flexibility index (Phi) is 4.01. The van der Waals surface area contributed by atoms with Gasteiger partial charge in [0.25, 0.3) is 5.56 Å². The zero-order valence-electron chi connectivity index (χ0n) is 13.7. The van der Waals surface area contributed by atoms with E-state index in [0.717, 1.165) is 24.9 Å². The Balaban J connectivity index is 1.57. The lowest BCUT2D eigenvalue weighted by Gasteiger charge is -2.19. The summed E-state index contributed by atoms with van der Waals surface area (Å²) >= 11 is 0. The van der Waals surface area contributed by atoms with Gasteiger partial charge in [-0.1, -0.05) is 12.1 Å². The normalized spacial score (nSPS) is 13.4. The first kappa shape index (κ1) is 15.5. The van der Waals surface area contributed by atoms with E-state index in [2.05, 4.69) is 21.4 Å². The molecule has 0 saturated carbocycles. The number of amides is 1. The van der Waals surface area contributed by atoms with Crippen LogP contribution in [0.25, 0.3) is 11.0 Å². The van der Waals surface area contributed by atoms with E-state index < -0.39 is 0 Å². The number of carbonyl (C=O) groups is 1. The monoisotopic (exact) mass is 334 g/mol. The minimum absolute atomic E-state index is 0.0813. The van der Waals surface area contributed by atoms with Crippen LogP contribution in [0.1, 0.15) is 24.0 Å². The standard InChI is InChI=1S/C19H18N4O2/c24-17(22-15-8-3-6-13-5-1-2-7-14(13)15)11-23-12-21-16-9-4-10-20-18(16)19(23)25/h3-4,6,8-10,12H,1-2,5,7,11H2,(H,22,24). The first-order valence-corrected chi connectivity index (χ1v) is 8.43. The van der Waals surface area contributed by atoms with Gasteiger partial charge in [-0.15, -0.1) is 0 Å². The number of nitrogens with one attached hydrogen (secondary N) is 1. The van der Waals surface area contributed by atoms with Gasteiger partial charge in [0, 0.05) is 11.9 Å². The zero-order chi connectivity index (χ0) is 17.2. The molecule has 0 spiro atoms. The third-order valence-corrected chi connectivity index (χ3v) is 4.57. The number of benzene rings is 1. The molecule has 126 valence electrons. The Morgan fingerprint density at radius 1 is 1.12 bits per heavy atom. The van der Waals surface area contributed by atoms with Crippen LogP contribution >= 0.6 is 0 Å². The third kappa shape index (κ3) is 3.03. The van der Waals surface area contributed by atoms with Crippen molar-refractivity contribution in [1.29, 1.82) is 0 Å². The van der Waals surface area contributed by atoms with Crippen LogP contribution in [0.5, 0.6) is 0 Å². The number of carbonyl (C=O) groups excluding carboxylic acids is 1. The second-order valence-electron chi connectivity index (χ2n) is 6.25. The van der Waals surface area contributed by atoms with Crippen molar-refractivity contribution in [3.63, 3.8) is 0 Å². The quantitative estimate of drug-likeness (QED) is 0.797. The maximum absolute atomic E-state index is 12.4. The third-order valence-electron chi connectivity index (χ3n) is 4.57. The van der Waals surface area contributed by atoms with Crippen LogP contribution in [0.3, 0.4) is 0 Å². The summed E-state index contributed by atoms with van der Waals surface area (Å²) in [5, 5.41) is 2.95. The second-order valence-corrected chi connectivity index (χ2v) is 6.25. The molecule has 0 aliphatic heterocycles. The van der Waals surface area contributed by atoms with Crippen LogP contribution < -0.4 is 10.9 Å². The summed E-state index contributed by atoms with van der Waals surface area (Å²) in [6.45, 7) is -0.0813. The van der Waals surface area contributed by atoms with Crippen LogP contribution in [-0.2, 0) is 24.2 Å². The molecular formula is C19H18N4O2. The van der Waals surface area contributed by atoms with Gasteiger partial charge in [0.15, 0.2) is 5.52 Å². The van der Waals surface area contributed by atoms with Crippen LogP contribution in [0.4, 0.5) is 5.69 Å². The summed E-state index contributed by atoms with van der Waals surface area (Å²) in [6.07, 6.45) is 7.31. The average Bonchev–Trinajstić information content (AvgIpc) is 2.65. The molecule has 1 aliphatic rings. The van der Waals surface area contributed by atoms with E-state index in [1.54, 1.807) is 18.3 Å². The molecule has 1 aliphatic carbocycles. The SMILES string of the molecule is O=C(Cn1cnc2cccnc2c1=O)Nc1cccc2c1CCCC2. The highest BCUT2D eigenvalue weighted by Gasteiger charge is 2.15. The number of aromatic nitrogens is 3. The number of hydrogen-bond donors (Lipinski definition) is 1. The van der Waals surface area contributed by atoms with Crippen molar-refractivity contribution in [2.45, 2.75) is 32.2 Å². The summed E-state index contributed by atoms with van der Waals surface area (Å²) in [6, 6.07) is 9.46. The molecule has 0 saturated heterocycles. The molecular weight excluding hydrogens is 316 g/mol. The van der Waals surface area contributed by atoms with Gasteiger partial charge in [-0.25, -0.2) is 9.97 Å². The van der Waals surface area contributed by atoms with E-state index >= 15 is 0 Å². The molecule has 0 radical (unpaired) electrons. The van der Waals surface area contributed by atoms with Crippen molar-refractivity contribution < 1.29 is 4.79 Å². The first-order valence-electron chi connectivity index (χ1n) is 8.43. The van der Waals surface area contributed by atoms with Crippen LogP contribution in [-0.4, -0.2) is 20.4 Å². The number of anilines is 1. The minimum atomic E-state index is -0.309. The predicted molar refractivity (Wildman–Crippen MR) is 95.5 cm³/mol. The Bertz CT molecular complexity index is 1010. The lowest BCUT2D eigenvalue weighted by atomic mass is 9.90. The van der Waals surface area contributed by atoms with Gasteiger partial charge >= 0.3 is 0 Å². The molecule has 6 heteroatoms. The Morgan fingerprint density at radius 3 is 2.92 bits per heavy atom. The van der Waals surface area contributed by atoms with Crippen LogP contribution in [0.2, 0.25) is 0 Å². The van der Waals surface area contributed by atoms with E-state index in [1.165, 1.54) is 28.4 Å². The molecule has 0 fully saturated rings. The molecule has 1 aromatic carbocycles. The van der Waals surface area contributed by atoms with Crippen molar-refractivity contribution >= 4 is 22.6 Å². The van der Waals surface area contributed by atoms with E-state index in [0.29, 0.717) is 5.52 Å². The molecule has 1 amide bonds. The van der Waals surface area contributed by atoms with Gasteiger partial charge in [0.1, 0.15) is 6.54 Å². The maximum atomic E-state index is 12.4.